The maximum absolute atomic E-state index is 12.0. The summed E-state index contributed by atoms with van der Waals surface area (Å²) >= 11 is 0. The van der Waals surface area contributed by atoms with Crippen LogP contribution in [0.25, 0.3) is 0 Å². The van der Waals surface area contributed by atoms with Crippen molar-refractivity contribution in [1.29, 1.82) is 0 Å². The van der Waals surface area contributed by atoms with Crippen LogP contribution in [0.15, 0.2) is 29.2 Å². The summed E-state index contributed by atoms with van der Waals surface area (Å²) in [5.74, 6) is -0.711. The molecule has 138 valence electrons. The number of carbonyl (C=O) groups is 2. The van der Waals surface area contributed by atoms with Crippen LogP contribution in [0, 0.1) is 5.92 Å². The Morgan fingerprint density at radius 2 is 1.92 bits per heavy atom. The van der Waals surface area contributed by atoms with E-state index < -0.39 is 21.7 Å². The van der Waals surface area contributed by atoms with E-state index >= 15 is 0 Å². The minimum Gasteiger partial charge on any atom is -0.494 e. The van der Waals surface area contributed by atoms with Crippen LogP contribution in [-0.4, -0.2) is 56.3 Å². The molecule has 0 aromatic heterocycles. The summed E-state index contributed by atoms with van der Waals surface area (Å²) in [6, 6.07) is 6.22. The number of rotatable bonds is 8. The van der Waals surface area contributed by atoms with Crippen LogP contribution >= 0.6 is 0 Å². The van der Waals surface area contributed by atoms with Gasteiger partial charge in [0, 0.05) is 25.8 Å². The van der Waals surface area contributed by atoms with Crippen LogP contribution in [0.4, 0.5) is 0 Å². The summed E-state index contributed by atoms with van der Waals surface area (Å²) < 4.78 is 28.3. The fourth-order valence-electron chi connectivity index (χ4n) is 2.70. The first-order chi connectivity index (χ1) is 11.8. The third kappa shape index (κ3) is 5.74. The summed E-state index contributed by atoms with van der Waals surface area (Å²) in [4.78, 5) is 24.8. The molecular formula is C17H23NO6S. The molecule has 1 aliphatic rings. The molecule has 1 amide bonds. The fraction of sp³-hybridized carbons (Fsp3) is 0.529. The molecule has 1 saturated heterocycles. The minimum atomic E-state index is -3.21. The topological polar surface area (TPSA) is 101 Å². The van der Waals surface area contributed by atoms with Crippen molar-refractivity contribution in [3.8, 4) is 5.75 Å². The van der Waals surface area contributed by atoms with Crippen LogP contribution in [0.5, 0.6) is 5.75 Å². The first-order valence-corrected chi connectivity index (χ1v) is 10.1. The van der Waals surface area contributed by atoms with Crippen LogP contribution in [0.1, 0.15) is 25.7 Å². The number of ether oxygens (including phenoxy) is 1. The molecule has 8 heteroatoms. The number of carbonyl (C=O) groups excluding carboxylic acids is 1. The third-order valence-corrected chi connectivity index (χ3v) is 5.32. The van der Waals surface area contributed by atoms with Crippen molar-refractivity contribution in [3.05, 3.63) is 24.3 Å². The monoisotopic (exact) mass is 369 g/mol. The van der Waals surface area contributed by atoms with Crippen LogP contribution in [0.2, 0.25) is 0 Å². The molecule has 0 radical (unpaired) electrons. The van der Waals surface area contributed by atoms with Crippen molar-refractivity contribution >= 4 is 21.7 Å². The van der Waals surface area contributed by atoms with Gasteiger partial charge in [-0.2, -0.15) is 0 Å². The predicted octanol–water partition coefficient (Wildman–Crippen LogP) is 1.57. The molecule has 0 bridgehead atoms. The number of unbranched alkanes of at least 4 members (excludes halogenated alkanes) is 1. The van der Waals surface area contributed by atoms with E-state index in [-0.39, 0.29) is 10.8 Å². The number of hydrogen-bond donors (Lipinski definition) is 1. The number of aliphatic carboxylic acids is 1. The molecule has 1 aliphatic heterocycles. The zero-order chi connectivity index (χ0) is 18.4. The Balaban J connectivity index is 1.65. The lowest BCUT2D eigenvalue weighted by Gasteiger charge is -2.15. The largest absolute Gasteiger partial charge is 0.494 e. The van der Waals surface area contributed by atoms with Gasteiger partial charge in [0.15, 0.2) is 9.84 Å². The van der Waals surface area contributed by atoms with E-state index in [1.54, 1.807) is 17.0 Å². The molecular weight excluding hydrogens is 346 g/mol. The molecule has 2 rings (SSSR count). The van der Waals surface area contributed by atoms with Gasteiger partial charge in [-0.3, -0.25) is 9.59 Å². The Labute approximate surface area is 147 Å². The molecule has 7 nitrogen and oxygen atoms in total. The SMILES string of the molecule is CS(=O)(=O)c1ccc(OCCCCC(=O)N2CCC(C(=O)O)C2)cc1. The molecule has 1 aromatic rings. The number of hydrogen-bond acceptors (Lipinski definition) is 5. The van der Waals surface area contributed by atoms with Gasteiger partial charge in [0.2, 0.25) is 5.91 Å². The second kappa shape index (κ2) is 8.33. The molecule has 0 aliphatic carbocycles. The second-order valence-electron chi connectivity index (χ2n) is 6.21. The lowest BCUT2D eigenvalue weighted by Crippen LogP contribution is -2.29. The number of nitrogens with zero attached hydrogens (tertiary/aromatic N) is 1. The Hall–Kier alpha value is -2.09. The lowest BCUT2D eigenvalue weighted by molar-refractivity contribution is -0.141. The van der Waals surface area contributed by atoms with Gasteiger partial charge in [0.1, 0.15) is 5.75 Å². The summed E-state index contributed by atoms with van der Waals surface area (Å²) in [7, 11) is -3.21. The number of carboxylic acid groups (broad SMARTS) is 1. The zero-order valence-electron chi connectivity index (χ0n) is 14.2. The van der Waals surface area contributed by atoms with Crippen molar-refractivity contribution in [1.82, 2.24) is 4.90 Å². The molecule has 1 atom stereocenters. The standard InChI is InChI=1S/C17H23NO6S/c1-25(22,23)15-7-5-14(6-8-15)24-11-3-2-4-16(19)18-10-9-13(12-18)17(20)21/h5-8,13H,2-4,9-12H2,1H3,(H,20,21). The van der Waals surface area contributed by atoms with Crippen LogP contribution < -0.4 is 4.74 Å². The van der Waals surface area contributed by atoms with Gasteiger partial charge in [-0.15, -0.1) is 0 Å². The maximum atomic E-state index is 12.0. The lowest BCUT2D eigenvalue weighted by atomic mass is 10.1. The average molecular weight is 369 g/mol. The summed E-state index contributed by atoms with van der Waals surface area (Å²) in [6.07, 6.45) is 3.40. The minimum absolute atomic E-state index is 0.0127. The van der Waals surface area contributed by atoms with Gasteiger partial charge >= 0.3 is 5.97 Å². The molecule has 25 heavy (non-hydrogen) atoms. The molecule has 1 unspecified atom stereocenters. The predicted molar refractivity (Wildman–Crippen MR) is 91.2 cm³/mol. The Morgan fingerprint density at radius 1 is 1.24 bits per heavy atom. The van der Waals surface area contributed by atoms with Gasteiger partial charge in [-0.1, -0.05) is 0 Å². The van der Waals surface area contributed by atoms with E-state index in [2.05, 4.69) is 0 Å². The summed E-state index contributed by atoms with van der Waals surface area (Å²) in [5, 5.41) is 8.94. The van der Waals surface area contributed by atoms with Gasteiger partial charge in [-0.25, -0.2) is 8.42 Å². The van der Waals surface area contributed by atoms with E-state index in [0.717, 1.165) is 6.26 Å². The van der Waals surface area contributed by atoms with Crippen molar-refractivity contribution in [3.63, 3.8) is 0 Å². The van der Waals surface area contributed by atoms with Crippen LogP contribution in [0.3, 0.4) is 0 Å². The Bertz CT molecular complexity index is 713. The fourth-order valence-corrected chi connectivity index (χ4v) is 3.33. The number of amides is 1. The Morgan fingerprint density at radius 3 is 2.48 bits per heavy atom. The van der Waals surface area contributed by atoms with Crippen molar-refractivity contribution in [2.24, 2.45) is 5.92 Å². The van der Waals surface area contributed by atoms with Gasteiger partial charge in [0.25, 0.3) is 0 Å². The molecule has 1 heterocycles. The first kappa shape index (κ1) is 19.2. The normalized spacial score (nSPS) is 17.5. The molecule has 1 fully saturated rings. The van der Waals surface area contributed by atoms with Crippen molar-refractivity contribution in [2.45, 2.75) is 30.6 Å². The molecule has 0 spiro atoms. The first-order valence-electron chi connectivity index (χ1n) is 8.21. The van der Waals surface area contributed by atoms with E-state index in [1.165, 1.54) is 12.1 Å². The van der Waals surface area contributed by atoms with Gasteiger partial charge < -0.3 is 14.7 Å². The maximum Gasteiger partial charge on any atom is 0.308 e. The second-order valence-corrected chi connectivity index (χ2v) is 8.23. The van der Waals surface area contributed by atoms with Crippen molar-refractivity contribution < 1.29 is 27.9 Å². The third-order valence-electron chi connectivity index (χ3n) is 4.20. The highest BCUT2D eigenvalue weighted by Gasteiger charge is 2.30. The molecule has 1 N–H and O–H groups in total. The number of benzene rings is 1. The molecule has 0 saturated carbocycles. The van der Waals surface area contributed by atoms with E-state index in [9.17, 15) is 18.0 Å². The summed E-state index contributed by atoms with van der Waals surface area (Å²) in [6.45, 7) is 1.25. The van der Waals surface area contributed by atoms with E-state index in [4.69, 9.17) is 9.84 Å². The highest BCUT2D eigenvalue weighted by atomic mass is 32.2. The number of likely N-dealkylation sites (tertiary alicyclic amines) is 1. The molecule has 1 aromatic carbocycles. The zero-order valence-corrected chi connectivity index (χ0v) is 15.0. The van der Waals surface area contributed by atoms with Gasteiger partial charge in [0.05, 0.1) is 17.4 Å². The Kier molecular flexibility index (Phi) is 6.41. The highest BCUT2D eigenvalue weighted by Crippen LogP contribution is 2.18. The van der Waals surface area contributed by atoms with Crippen LogP contribution in [-0.2, 0) is 19.4 Å². The smallest absolute Gasteiger partial charge is 0.308 e. The van der Waals surface area contributed by atoms with E-state index in [1.807, 2.05) is 0 Å². The average Bonchev–Trinajstić information content (AvgIpc) is 3.04. The number of sulfone groups is 1. The number of carboxylic acids is 1. The van der Waals surface area contributed by atoms with E-state index in [0.29, 0.717) is 51.1 Å². The van der Waals surface area contributed by atoms with Gasteiger partial charge in [-0.05, 0) is 43.5 Å². The quantitative estimate of drug-likeness (QED) is 0.698. The summed E-state index contributed by atoms with van der Waals surface area (Å²) in [5.41, 5.74) is 0. The van der Waals surface area contributed by atoms with Crippen molar-refractivity contribution in [2.75, 3.05) is 26.0 Å². The highest BCUT2D eigenvalue weighted by molar-refractivity contribution is 7.90.